The van der Waals surface area contributed by atoms with E-state index in [1.807, 2.05) is 77.7 Å². The number of benzene rings is 3. The number of aromatic nitrogens is 1. The molecular formula is C27H24BrN3O2. The summed E-state index contributed by atoms with van der Waals surface area (Å²) in [6.45, 7) is 2.83. The van der Waals surface area contributed by atoms with Crippen LogP contribution in [0.2, 0.25) is 0 Å². The topological polar surface area (TPSA) is 45.7 Å². The second-order valence-electron chi connectivity index (χ2n) is 8.03. The number of amides is 1. The molecule has 1 saturated heterocycles. The van der Waals surface area contributed by atoms with Crippen molar-refractivity contribution in [3.8, 4) is 17.0 Å². The van der Waals surface area contributed by atoms with Crippen LogP contribution in [0.15, 0.2) is 83.3 Å². The highest BCUT2D eigenvalue weighted by atomic mass is 79.9. The van der Waals surface area contributed by atoms with E-state index in [4.69, 9.17) is 9.72 Å². The van der Waals surface area contributed by atoms with Gasteiger partial charge in [-0.2, -0.15) is 0 Å². The van der Waals surface area contributed by atoms with E-state index in [1.165, 1.54) is 0 Å². The fraction of sp³-hybridized carbons (Fsp3) is 0.185. The van der Waals surface area contributed by atoms with Gasteiger partial charge in [0.25, 0.3) is 5.91 Å². The van der Waals surface area contributed by atoms with Gasteiger partial charge in [0, 0.05) is 41.6 Å². The summed E-state index contributed by atoms with van der Waals surface area (Å²) >= 11 is 3.49. The zero-order valence-electron chi connectivity index (χ0n) is 18.4. The molecule has 0 atom stereocenters. The molecule has 166 valence electrons. The lowest BCUT2D eigenvalue weighted by Crippen LogP contribution is -2.49. The lowest BCUT2D eigenvalue weighted by molar-refractivity contribution is 0.0748. The van der Waals surface area contributed by atoms with Gasteiger partial charge in [0.15, 0.2) is 0 Å². The number of methoxy groups -OCH3 is 1. The Morgan fingerprint density at radius 2 is 1.61 bits per heavy atom. The van der Waals surface area contributed by atoms with E-state index in [-0.39, 0.29) is 5.91 Å². The first-order chi connectivity index (χ1) is 16.1. The quantitative estimate of drug-likeness (QED) is 0.363. The highest BCUT2D eigenvalue weighted by Crippen LogP contribution is 2.30. The van der Waals surface area contributed by atoms with Crippen LogP contribution < -0.4 is 9.64 Å². The Labute approximate surface area is 201 Å². The summed E-state index contributed by atoms with van der Waals surface area (Å²) < 4.78 is 6.53. The second kappa shape index (κ2) is 9.24. The van der Waals surface area contributed by atoms with E-state index in [0.29, 0.717) is 18.7 Å². The molecular weight excluding hydrogens is 478 g/mol. The van der Waals surface area contributed by atoms with Crippen LogP contribution in [0.1, 0.15) is 10.4 Å². The van der Waals surface area contributed by atoms with E-state index >= 15 is 0 Å². The number of carbonyl (C=O) groups excluding carboxylic acids is 1. The summed E-state index contributed by atoms with van der Waals surface area (Å²) in [6.07, 6.45) is 0. The van der Waals surface area contributed by atoms with Crippen molar-refractivity contribution >= 4 is 38.4 Å². The molecule has 1 amide bonds. The van der Waals surface area contributed by atoms with Gasteiger partial charge >= 0.3 is 0 Å². The molecule has 3 aromatic carbocycles. The maximum Gasteiger partial charge on any atom is 0.254 e. The van der Waals surface area contributed by atoms with E-state index in [2.05, 4.69) is 26.9 Å². The molecule has 2 heterocycles. The SMILES string of the molecule is COc1ccccc1N1CCN(C(=O)c2cc(-c3ccc(Br)cc3)nc3ccccc23)CC1. The Morgan fingerprint density at radius 3 is 2.36 bits per heavy atom. The van der Waals surface area contributed by atoms with Crippen LogP contribution in [0.25, 0.3) is 22.2 Å². The second-order valence-corrected chi connectivity index (χ2v) is 8.95. The zero-order valence-corrected chi connectivity index (χ0v) is 20.0. The molecule has 0 aliphatic carbocycles. The van der Waals surface area contributed by atoms with Crippen molar-refractivity contribution in [3.63, 3.8) is 0 Å². The van der Waals surface area contributed by atoms with Crippen LogP contribution in [0.5, 0.6) is 5.75 Å². The highest BCUT2D eigenvalue weighted by molar-refractivity contribution is 9.10. The molecule has 33 heavy (non-hydrogen) atoms. The predicted octanol–water partition coefficient (Wildman–Crippen LogP) is 5.64. The highest BCUT2D eigenvalue weighted by Gasteiger charge is 2.25. The average Bonchev–Trinajstić information content (AvgIpc) is 2.88. The summed E-state index contributed by atoms with van der Waals surface area (Å²) in [4.78, 5) is 22.7. The maximum absolute atomic E-state index is 13.7. The molecule has 5 nitrogen and oxygen atoms in total. The molecule has 0 bridgehead atoms. The Balaban J connectivity index is 1.43. The fourth-order valence-corrected chi connectivity index (χ4v) is 4.60. The van der Waals surface area contributed by atoms with E-state index < -0.39 is 0 Å². The van der Waals surface area contributed by atoms with Crippen molar-refractivity contribution in [1.29, 1.82) is 0 Å². The first kappa shape index (κ1) is 21.5. The number of carbonyl (C=O) groups is 1. The minimum atomic E-state index is 0.0478. The van der Waals surface area contributed by atoms with Gasteiger partial charge in [-0.3, -0.25) is 4.79 Å². The van der Waals surface area contributed by atoms with Gasteiger partial charge in [-0.1, -0.05) is 58.4 Å². The Kier molecular flexibility index (Phi) is 6.01. The van der Waals surface area contributed by atoms with Crippen molar-refractivity contribution < 1.29 is 9.53 Å². The van der Waals surface area contributed by atoms with Gasteiger partial charge in [-0.25, -0.2) is 4.98 Å². The van der Waals surface area contributed by atoms with Gasteiger partial charge < -0.3 is 14.5 Å². The number of piperazine rings is 1. The Morgan fingerprint density at radius 1 is 0.909 bits per heavy atom. The molecule has 1 fully saturated rings. The van der Waals surface area contributed by atoms with Crippen LogP contribution in [-0.2, 0) is 0 Å². The first-order valence-corrected chi connectivity index (χ1v) is 11.8. The standard InChI is InChI=1S/C27H24BrN3O2/c1-33-26-9-5-4-8-25(26)30-14-16-31(17-15-30)27(32)22-18-24(19-10-12-20(28)13-11-19)29-23-7-3-2-6-21(22)23/h2-13,18H,14-17H2,1H3. The summed E-state index contributed by atoms with van der Waals surface area (Å²) in [5, 5.41) is 0.885. The van der Waals surface area contributed by atoms with Crippen LogP contribution in [-0.4, -0.2) is 49.1 Å². The van der Waals surface area contributed by atoms with Crippen molar-refractivity contribution in [2.24, 2.45) is 0 Å². The molecule has 0 unspecified atom stereocenters. The molecule has 0 radical (unpaired) electrons. The van der Waals surface area contributed by atoms with Crippen LogP contribution >= 0.6 is 15.9 Å². The van der Waals surface area contributed by atoms with Crippen molar-refractivity contribution in [3.05, 3.63) is 88.9 Å². The number of rotatable bonds is 4. The molecule has 0 saturated carbocycles. The summed E-state index contributed by atoms with van der Waals surface area (Å²) in [7, 11) is 1.69. The fourth-order valence-electron chi connectivity index (χ4n) is 4.33. The number of anilines is 1. The van der Waals surface area contributed by atoms with Crippen molar-refractivity contribution in [2.45, 2.75) is 0 Å². The normalized spacial score (nSPS) is 13.9. The molecule has 0 spiro atoms. The van der Waals surface area contributed by atoms with E-state index in [0.717, 1.165) is 51.2 Å². The molecule has 6 heteroatoms. The number of hydrogen-bond acceptors (Lipinski definition) is 4. The molecule has 1 aliphatic rings. The predicted molar refractivity (Wildman–Crippen MR) is 136 cm³/mol. The monoisotopic (exact) mass is 501 g/mol. The molecule has 5 rings (SSSR count). The van der Waals surface area contributed by atoms with Gasteiger partial charge in [0.05, 0.1) is 29.6 Å². The Bertz CT molecular complexity index is 1300. The zero-order chi connectivity index (χ0) is 22.8. The number of hydrogen-bond donors (Lipinski definition) is 0. The molecule has 4 aromatic rings. The van der Waals surface area contributed by atoms with Gasteiger partial charge in [-0.15, -0.1) is 0 Å². The van der Waals surface area contributed by atoms with Crippen LogP contribution in [0.4, 0.5) is 5.69 Å². The van der Waals surface area contributed by atoms with Gasteiger partial charge in [0.2, 0.25) is 0 Å². The molecule has 0 N–H and O–H groups in total. The average molecular weight is 502 g/mol. The largest absolute Gasteiger partial charge is 0.495 e. The minimum Gasteiger partial charge on any atom is -0.495 e. The maximum atomic E-state index is 13.7. The number of halogens is 1. The van der Waals surface area contributed by atoms with Crippen molar-refractivity contribution in [1.82, 2.24) is 9.88 Å². The third-order valence-corrected chi connectivity index (χ3v) is 6.61. The number of nitrogens with zero attached hydrogens (tertiary/aromatic N) is 3. The Hall–Kier alpha value is -3.38. The van der Waals surface area contributed by atoms with Crippen LogP contribution in [0.3, 0.4) is 0 Å². The lowest BCUT2D eigenvalue weighted by Gasteiger charge is -2.36. The summed E-state index contributed by atoms with van der Waals surface area (Å²) in [6, 6.07) is 25.8. The van der Waals surface area contributed by atoms with Gasteiger partial charge in [-0.05, 0) is 36.4 Å². The van der Waals surface area contributed by atoms with Crippen LogP contribution in [0, 0.1) is 0 Å². The van der Waals surface area contributed by atoms with Crippen molar-refractivity contribution in [2.75, 3.05) is 38.2 Å². The number of para-hydroxylation sites is 3. The first-order valence-electron chi connectivity index (χ1n) is 11.0. The minimum absolute atomic E-state index is 0.0478. The number of fused-ring (bicyclic) bond motifs is 1. The van der Waals surface area contributed by atoms with E-state index in [1.54, 1.807) is 7.11 Å². The smallest absolute Gasteiger partial charge is 0.254 e. The third kappa shape index (κ3) is 4.31. The third-order valence-electron chi connectivity index (χ3n) is 6.08. The summed E-state index contributed by atoms with van der Waals surface area (Å²) in [5.74, 6) is 0.906. The molecule has 1 aliphatic heterocycles. The van der Waals surface area contributed by atoms with Gasteiger partial charge in [0.1, 0.15) is 5.75 Å². The molecule has 1 aromatic heterocycles. The van der Waals surface area contributed by atoms with E-state index in [9.17, 15) is 4.79 Å². The summed E-state index contributed by atoms with van der Waals surface area (Å²) in [5.41, 5.74) is 4.38. The lowest BCUT2D eigenvalue weighted by atomic mass is 10.0. The number of pyridine rings is 1. The number of ether oxygens (including phenoxy) is 1.